The first-order chi connectivity index (χ1) is 13.7. The average molecular weight is 433 g/mol. The third kappa shape index (κ3) is 4.07. The second kappa shape index (κ2) is 8.28. The van der Waals surface area contributed by atoms with Gasteiger partial charge in [0.1, 0.15) is 24.2 Å². The van der Waals surface area contributed by atoms with Crippen LogP contribution >= 0.6 is 15.9 Å². The molecule has 0 amide bonds. The normalized spacial score (nSPS) is 11.2. The van der Waals surface area contributed by atoms with Crippen molar-refractivity contribution in [2.45, 2.75) is 0 Å². The maximum absolute atomic E-state index is 12.8. The summed E-state index contributed by atoms with van der Waals surface area (Å²) in [5.41, 5.74) is 2.94. The predicted octanol–water partition coefficient (Wildman–Crippen LogP) is 6.31. The highest BCUT2D eigenvalue weighted by Gasteiger charge is 2.10. The van der Waals surface area contributed by atoms with E-state index in [0.717, 1.165) is 15.6 Å². The zero-order valence-electron chi connectivity index (χ0n) is 15.0. The Bertz CT molecular complexity index is 1180. The Labute approximate surface area is 171 Å². The van der Waals surface area contributed by atoms with Crippen molar-refractivity contribution in [3.05, 3.63) is 105 Å². The molecule has 4 aromatic rings. The molecule has 0 saturated carbocycles. The molecular weight excluding hydrogens is 416 g/mol. The highest BCUT2D eigenvalue weighted by Crippen LogP contribution is 2.24. The van der Waals surface area contributed by atoms with Crippen LogP contribution < -0.4 is 10.2 Å². The van der Waals surface area contributed by atoms with Gasteiger partial charge >= 0.3 is 0 Å². The lowest BCUT2D eigenvalue weighted by Crippen LogP contribution is -2.05. The van der Waals surface area contributed by atoms with Crippen LogP contribution in [0.1, 0.15) is 5.56 Å². The van der Waals surface area contributed by atoms with Crippen molar-refractivity contribution >= 4 is 33.0 Å². The molecule has 0 spiro atoms. The number of hydrogen-bond donors (Lipinski definition) is 0. The van der Waals surface area contributed by atoms with Gasteiger partial charge in [0.05, 0.1) is 10.9 Å². The predicted molar refractivity (Wildman–Crippen MR) is 117 cm³/mol. The van der Waals surface area contributed by atoms with Crippen LogP contribution in [0.5, 0.6) is 5.75 Å². The molecular formula is C24H17BrO3. The molecule has 28 heavy (non-hydrogen) atoms. The molecule has 0 N–H and O–H groups in total. The van der Waals surface area contributed by atoms with Crippen LogP contribution in [0.4, 0.5) is 0 Å². The minimum Gasteiger partial charge on any atom is -0.489 e. The summed E-state index contributed by atoms with van der Waals surface area (Å²) in [6, 6.07) is 22.9. The molecule has 0 fully saturated rings. The van der Waals surface area contributed by atoms with Gasteiger partial charge in [-0.05, 0) is 41.5 Å². The molecule has 0 aliphatic rings. The number of halogens is 1. The SMILES string of the molecule is O=c1c(-c2ccc(Br)cc2)coc2cc(OCC=Cc3ccccc3)ccc12. The first kappa shape index (κ1) is 18.3. The minimum atomic E-state index is -0.0564. The van der Waals surface area contributed by atoms with Crippen LogP contribution in [0.25, 0.3) is 28.2 Å². The molecule has 0 bridgehead atoms. The lowest BCUT2D eigenvalue weighted by atomic mass is 10.1. The van der Waals surface area contributed by atoms with Gasteiger partial charge in [-0.25, -0.2) is 0 Å². The van der Waals surface area contributed by atoms with Crippen molar-refractivity contribution in [3.63, 3.8) is 0 Å². The van der Waals surface area contributed by atoms with Crippen molar-refractivity contribution in [1.82, 2.24) is 0 Å². The van der Waals surface area contributed by atoms with Crippen molar-refractivity contribution in [3.8, 4) is 16.9 Å². The number of hydrogen-bond acceptors (Lipinski definition) is 3. The van der Waals surface area contributed by atoms with E-state index in [1.165, 1.54) is 6.26 Å². The summed E-state index contributed by atoms with van der Waals surface area (Å²) >= 11 is 3.40. The second-order valence-corrected chi connectivity index (χ2v) is 7.18. The summed E-state index contributed by atoms with van der Waals surface area (Å²) < 4.78 is 12.4. The summed E-state index contributed by atoms with van der Waals surface area (Å²) in [7, 11) is 0. The van der Waals surface area contributed by atoms with Crippen LogP contribution in [0.2, 0.25) is 0 Å². The van der Waals surface area contributed by atoms with Gasteiger partial charge < -0.3 is 9.15 Å². The molecule has 3 aromatic carbocycles. The molecule has 4 rings (SSSR count). The Kier molecular flexibility index (Phi) is 5.40. The van der Waals surface area contributed by atoms with Gasteiger partial charge in [-0.2, -0.15) is 0 Å². The molecule has 4 heteroatoms. The molecule has 0 unspecified atom stereocenters. The Hall–Kier alpha value is -3.11. The van der Waals surface area contributed by atoms with Crippen molar-refractivity contribution < 1.29 is 9.15 Å². The highest BCUT2D eigenvalue weighted by atomic mass is 79.9. The summed E-state index contributed by atoms with van der Waals surface area (Å²) in [4.78, 5) is 12.8. The highest BCUT2D eigenvalue weighted by molar-refractivity contribution is 9.10. The first-order valence-corrected chi connectivity index (χ1v) is 9.66. The Morgan fingerprint density at radius 3 is 2.54 bits per heavy atom. The summed E-state index contributed by atoms with van der Waals surface area (Å²) in [5, 5.41) is 0.535. The van der Waals surface area contributed by atoms with Crippen molar-refractivity contribution in [2.75, 3.05) is 6.61 Å². The quantitative estimate of drug-likeness (QED) is 0.370. The van der Waals surface area contributed by atoms with Gasteiger partial charge in [0.15, 0.2) is 5.43 Å². The van der Waals surface area contributed by atoms with Crippen molar-refractivity contribution in [1.29, 1.82) is 0 Å². The van der Waals surface area contributed by atoms with E-state index in [4.69, 9.17) is 9.15 Å². The topological polar surface area (TPSA) is 39.4 Å². The molecule has 1 aromatic heterocycles. The van der Waals surface area contributed by atoms with E-state index in [1.54, 1.807) is 18.2 Å². The third-order valence-electron chi connectivity index (χ3n) is 4.36. The molecule has 0 atom stereocenters. The molecule has 3 nitrogen and oxygen atoms in total. The lowest BCUT2D eigenvalue weighted by molar-refractivity contribution is 0.363. The first-order valence-electron chi connectivity index (χ1n) is 8.86. The average Bonchev–Trinajstić information content (AvgIpc) is 2.73. The molecule has 0 saturated heterocycles. The van der Waals surface area contributed by atoms with Crippen LogP contribution in [0.3, 0.4) is 0 Å². The molecule has 0 aliphatic heterocycles. The van der Waals surface area contributed by atoms with Crippen LogP contribution in [-0.2, 0) is 0 Å². The van der Waals surface area contributed by atoms with E-state index >= 15 is 0 Å². The van der Waals surface area contributed by atoms with E-state index < -0.39 is 0 Å². The monoisotopic (exact) mass is 432 g/mol. The third-order valence-corrected chi connectivity index (χ3v) is 4.89. The molecule has 138 valence electrons. The van der Waals surface area contributed by atoms with E-state index in [1.807, 2.05) is 66.7 Å². The van der Waals surface area contributed by atoms with Gasteiger partial charge in [-0.15, -0.1) is 0 Å². The van der Waals surface area contributed by atoms with Gasteiger partial charge in [0, 0.05) is 10.5 Å². The largest absolute Gasteiger partial charge is 0.489 e. The number of benzene rings is 3. The summed E-state index contributed by atoms with van der Waals surface area (Å²) in [6.07, 6.45) is 5.46. The fraction of sp³-hybridized carbons (Fsp3) is 0.0417. The zero-order valence-corrected chi connectivity index (χ0v) is 16.6. The van der Waals surface area contributed by atoms with E-state index in [-0.39, 0.29) is 5.43 Å². The maximum Gasteiger partial charge on any atom is 0.200 e. The van der Waals surface area contributed by atoms with E-state index in [2.05, 4.69) is 15.9 Å². The molecule has 1 heterocycles. The van der Waals surface area contributed by atoms with Crippen LogP contribution in [0.15, 0.2) is 98.8 Å². The van der Waals surface area contributed by atoms with Gasteiger partial charge in [0.2, 0.25) is 0 Å². The molecule has 0 aliphatic carbocycles. The van der Waals surface area contributed by atoms with Gasteiger partial charge in [0.25, 0.3) is 0 Å². The smallest absolute Gasteiger partial charge is 0.200 e. The van der Waals surface area contributed by atoms with Crippen molar-refractivity contribution in [2.24, 2.45) is 0 Å². The second-order valence-electron chi connectivity index (χ2n) is 6.27. The maximum atomic E-state index is 12.8. The summed E-state index contributed by atoms with van der Waals surface area (Å²) in [5.74, 6) is 0.657. The van der Waals surface area contributed by atoms with Crippen LogP contribution in [0, 0.1) is 0 Å². The number of ether oxygens (including phenoxy) is 1. The Morgan fingerprint density at radius 2 is 1.75 bits per heavy atom. The Balaban J connectivity index is 1.53. The Morgan fingerprint density at radius 1 is 0.964 bits per heavy atom. The zero-order chi connectivity index (χ0) is 19.3. The van der Waals surface area contributed by atoms with E-state index in [0.29, 0.717) is 28.9 Å². The van der Waals surface area contributed by atoms with Gasteiger partial charge in [-0.3, -0.25) is 4.79 Å². The molecule has 0 radical (unpaired) electrons. The lowest BCUT2D eigenvalue weighted by Gasteiger charge is -2.06. The van der Waals surface area contributed by atoms with E-state index in [9.17, 15) is 4.79 Å². The number of fused-ring (bicyclic) bond motifs is 1. The number of rotatable bonds is 5. The van der Waals surface area contributed by atoms with Crippen LogP contribution in [-0.4, -0.2) is 6.61 Å². The fourth-order valence-electron chi connectivity index (χ4n) is 2.92. The minimum absolute atomic E-state index is 0.0564. The summed E-state index contributed by atoms with van der Waals surface area (Å²) in [6.45, 7) is 0.432. The standard InChI is InChI=1S/C24H17BrO3/c25-19-10-8-18(9-11-19)22-16-28-23-15-20(12-13-21(23)24(22)26)27-14-4-7-17-5-2-1-3-6-17/h1-13,15-16H,14H2. The van der Waals surface area contributed by atoms with Gasteiger partial charge in [-0.1, -0.05) is 64.5 Å². The fourth-order valence-corrected chi connectivity index (χ4v) is 3.18.